The summed E-state index contributed by atoms with van der Waals surface area (Å²) in [5, 5.41) is 2.82. The highest BCUT2D eigenvalue weighted by Gasteiger charge is 2.21. The fraction of sp³-hybridized carbons (Fsp3) is 0.292. The fourth-order valence-electron chi connectivity index (χ4n) is 3.68. The number of rotatable bonds is 7. The number of aromatic nitrogens is 2. The standard InChI is InChI=1S/C24H28N6O3/c1-3-33-19-9-7-17(8-10-19)27-23(31)21-16-26-24(28-22(21)25)30-13-11-29(12-14-30)18-5-4-6-20(15-18)32-2/h4-10,15-16H,3,11-14H2,1-2H3,(H,27,31)(H2,25,26,28). The van der Waals surface area contributed by atoms with Gasteiger partial charge in [-0.2, -0.15) is 4.98 Å². The first-order valence-corrected chi connectivity index (χ1v) is 10.9. The Labute approximate surface area is 193 Å². The zero-order valence-corrected chi connectivity index (χ0v) is 18.8. The first-order valence-electron chi connectivity index (χ1n) is 10.9. The van der Waals surface area contributed by atoms with Crippen LogP contribution in [0.15, 0.2) is 54.7 Å². The molecule has 2 aromatic carbocycles. The first-order chi connectivity index (χ1) is 16.1. The number of nitrogens with zero attached hydrogens (tertiary/aromatic N) is 4. The topological polar surface area (TPSA) is 106 Å². The van der Waals surface area contributed by atoms with E-state index in [1.807, 2.05) is 25.1 Å². The molecule has 2 heterocycles. The van der Waals surface area contributed by atoms with E-state index in [2.05, 4.69) is 31.2 Å². The van der Waals surface area contributed by atoms with E-state index < -0.39 is 0 Å². The summed E-state index contributed by atoms with van der Waals surface area (Å²) in [5.41, 5.74) is 8.11. The van der Waals surface area contributed by atoms with Crippen LogP contribution >= 0.6 is 0 Å². The minimum atomic E-state index is -0.356. The summed E-state index contributed by atoms with van der Waals surface area (Å²) in [5.74, 6) is 1.90. The van der Waals surface area contributed by atoms with E-state index in [1.54, 1.807) is 31.4 Å². The molecule has 0 aliphatic carbocycles. The highest BCUT2D eigenvalue weighted by molar-refractivity contribution is 6.07. The number of carbonyl (C=O) groups excluding carboxylic acids is 1. The van der Waals surface area contributed by atoms with Crippen LogP contribution in [-0.2, 0) is 0 Å². The SMILES string of the molecule is CCOc1ccc(NC(=O)c2cnc(N3CCN(c4cccc(OC)c4)CC3)nc2N)cc1. The number of nitrogens with one attached hydrogen (secondary N) is 1. The number of anilines is 4. The molecule has 1 aliphatic heterocycles. The van der Waals surface area contributed by atoms with Crippen molar-refractivity contribution < 1.29 is 14.3 Å². The van der Waals surface area contributed by atoms with E-state index in [4.69, 9.17) is 15.2 Å². The molecule has 0 saturated carbocycles. The summed E-state index contributed by atoms with van der Waals surface area (Å²) >= 11 is 0. The highest BCUT2D eigenvalue weighted by atomic mass is 16.5. The molecule has 9 nitrogen and oxygen atoms in total. The highest BCUT2D eigenvalue weighted by Crippen LogP contribution is 2.24. The van der Waals surface area contributed by atoms with Crippen LogP contribution in [0, 0.1) is 0 Å². The van der Waals surface area contributed by atoms with Crippen LogP contribution in [0.1, 0.15) is 17.3 Å². The smallest absolute Gasteiger partial charge is 0.260 e. The fourth-order valence-corrected chi connectivity index (χ4v) is 3.68. The van der Waals surface area contributed by atoms with Gasteiger partial charge in [-0.15, -0.1) is 0 Å². The maximum Gasteiger partial charge on any atom is 0.260 e. The van der Waals surface area contributed by atoms with Crippen LogP contribution in [0.3, 0.4) is 0 Å². The summed E-state index contributed by atoms with van der Waals surface area (Å²) < 4.78 is 10.7. The molecule has 0 atom stereocenters. The third kappa shape index (κ3) is 5.25. The second-order valence-corrected chi connectivity index (χ2v) is 7.56. The van der Waals surface area contributed by atoms with Crippen LogP contribution in [0.2, 0.25) is 0 Å². The van der Waals surface area contributed by atoms with Crippen molar-refractivity contribution >= 4 is 29.0 Å². The average molecular weight is 449 g/mol. The second-order valence-electron chi connectivity index (χ2n) is 7.56. The van der Waals surface area contributed by atoms with Gasteiger partial charge in [0, 0.05) is 49.8 Å². The lowest BCUT2D eigenvalue weighted by molar-refractivity contribution is 0.102. The molecule has 1 amide bonds. The van der Waals surface area contributed by atoms with Gasteiger partial charge in [-0.05, 0) is 43.3 Å². The molecular formula is C24H28N6O3. The summed E-state index contributed by atoms with van der Waals surface area (Å²) in [6.07, 6.45) is 1.48. The number of hydrogen-bond donors (Lipinski definition) is 2. The second kappa shape index (κ2) is 10.1. The van der Waals surface area contributed by atoms with Crippen LogP contribution in [0.4, 0.5) is 23.1 Å². The van der Waals surface area contributed by atoms with Crippen molar-refractivity contribution in [2.75, 3.05) is 60.7 Å². The van der Waals surface area contributed by atoms with Gasteiger partial charge in [0.25, 0.3) is 5.91 Å². The molecule has 172 valence electrons. The summed E-state index contributed by atoms with van der Waals surface area (Å²) in [6, 6.07) is 15.2. The number of nitrogens with two attached hydrogens (primary N) is 1. The van der Waals surface area contributed by atoms with E-state index in [0.29, 0.717) is 18.2 Å². The first kappa shape index (κ1) is 22.2. The Kier molecular flexibility index (Phi) is 6.77. The Morgan fingerprint density at radius 2 is 1.79 bits per heavy atom. The minimum absolute atomic E-state index is 0.152. The molecule has 0 unspecified atom stereocenters. The quantitative estimate of drug-likeness (QED) is 0.568. The van der Waals surface area contributed by atoms with E-state index >= 15 is 0 Å². The van der Waals surface area contributed by atoms with E-state index in [9.17, 15) is 4.79 Å². The molecule has 1 fully saturated rings. The lowest BCUT2D eigenvalue weighted by atomic mass is 10.2. The van der Waals surface area contributed by atoms with Crippen molar-refractivity contribution in [3.8, 4) is 11.5 Å². The molecule has 0 spiro atoms. The molecule has 1 saturated heterocycles. The lowest BCUT2D eigenvalue weighted by Gasteiger charge is -2.36. The monoisotopic (exact) mass is 448 g/mol. The largest absolute Gasteiger partial charge is 0.497 e. The Bertz CT molecular complexity index is 1100. The Balaban J connectivity index is 1.37. The number of hydrogen-bond acceptors (Lipinski definition) is 8. The molecule has 4 rings (SSSR count). The number of carbonyl (C=O) groups is 1. The van der Waals surface area contributed by atoms with E-state index in [1.165, 1.54) is 6.20 Å². The average Bonchev–Trinajstić information content (AvgIpc) is 2.85. The van der Waals surface area contributed by atoms with Crippen LogP contribution in [0.25, 0.3) is 0 Å². The number of amides is 1. The maximum absolute atomic E-state index is 12.7. The zero-order valence-electron chi connectivity index (χ0n) is 18.8. The Morgan fingerprint density at radius 1 is 1.06 bits per heavy atom. The van der Waals surface area contributed by atoms with Crippen LogP contribution < -0.4 is 30.3 Å². The number of ether oxygens (including phenoxy) is 2. The minimum Gasteiger partial charge on any atom is -0.497 e. The molecule has 0 radical (unpaired) electrons. The van der Waals surface area contributed by atoms with Gasteiger partial charge in [0.15, 0.2) is 0 Å². The molecule has 33 heavy (non-hydrogen) atoms. The van der Waals surface area contributed by atoms with Crippen LogP contribution in [0.5, 0.6) is 11.5 Å². The molecule has 9 heteroatoms. The normalized spacial score (nSPS) is 13.5. The molecule has 1 aliphatic rings. The van der Waals surface area contributed by atoms with E-state index in [-0.39, 0.29) is 17.3 Å². The predicted molar refractivity (Wildman–Crippen MR) is 129 cm³/mol. The van der Waals surface area contributed by atoms with Crippen molar-refractivity contribution in [3.05, 3.63) is 60.3 Å². The molecular weight excluding hydrogens is 420 g/mol. The zero-order chi connectivity index (χ0) is 23.2. The van der Waals surface area contributed by atoms with Gasteiger partial charge in [-0.3, -0.25) is 4.79 Å². The third-order valence-corrected chi connectivity index (χ3v) is 5.45. The van der Waals surface area contributed by atoms with Gasteiger partial charge >= 0.3 is 0 Å². The van der Waals surface area contributed by atoms with Gasteiger partial charge < -0.3 is 30.3 Å². The molecule has 3 aromatic rings. The van der Waals surface area contributed by atoms with Crippen molar-refractivity contribution in [1.29, 1.82) is 0 Å². The number of benzene rings is 2. The van der Waals surface area contributed by atoms with Gasteiger partial charge in [0.05, 0.1) is 13.7 Å². The van der Waals surface area contributed by atoms with E-state index in [0.717, 1.165) is 43.4 Å². The summed E-state index contributed by atoms with van der Waals surface area (Å²) in [7, 11) is 1.67. The Morgan fingerprint density at radius 3 is 2.45 bits per heavy atom. The van der Waals surface area contributed by atoms with Crippen molar-refractivity contribution in [2.45, 2.75) is 6.92 Å². The van der Waals surface area contributed by atoms with Crippen molar-refractivity contribution in [3.63, 3.8) is 0 Å². The number of methoxy groups -OCH3 is 1. The Hall–Kier alpha value is -4.01. The summed E-state index contributed by atoms with van der Waals surface area (Å²) in [6.45, 7) is 5.63. The van der Waals surface area contributed by atoms with Crippen molar-refractivity contribution in [2.24, 2.45) is 0 Å². The summed E-state index contributed by atoms with van der Waals surface area (Å²) in [4.78, 5) is 25.8. The molecule has 0 bridgehead atoms. The maximum atomic E-state index is 12.7. The number of piperazine rings is 1. The third-order valence-electron chi connectivity index (χ3n) is 5.45. The molecule has 1 aromatic heterocycles. The predicted octanol–water partition coefficient (Wildman–Crippen LogP) is 3.05. The lowest BCUT2D eigenvalue weighted by Crippen LogP contribution is -2.47. The van der Waals surface area contributed by atoms with Gasteiger partial charge in [-0.25, -0.2) is 4.98 Å². The molecule has 3 N–H and O–H groups in total. The van der Waals surface area contributed by atoms with Gasteiger partial charge in [0.2, 0.25) is 5.95 Å². The van der Waals surface area contributed by atoms with Gasteiger partial charge in [0.1, 0.15) is 22.9 Å². The van der Waals surface area contributed by atoms with Crippen molar-refractivity contribution in [1.82, 2.24) is 9.97 Å². The van der Waals surface area contributed by atoms with Gasteiger partial charge in [-0.1, -0.05) is 6.07 Å². The number of nitrogen functional groups attached to an aromatic ring is 1. The van der Waals surface area contributed by atoms with Crippen LogP contribution in [-0.4, -0.2) is 55.8 Å².